The Bertz CT molecular complexity index is 415. The number of ether oxygens (including phenoxy) is 2. The lowest BCUT2D eigenvalue weighted by molar-refractivity contribution is 0.108. The highest BCUT2D eigenvalue weighted by Crippen LogP contribution is 2.24. The third-order valence-electron chi connectivity index (χ3n) is 3.18. The minimum Gasteiger partial charge on any atom is -0.467 e. The van der Waals surface area contributed by atoms with Crippen molar-refractivity contribution in [3.63, 3.8) is 0 Å². The molecule has 106 valence electrons. The molecule has 2 N–H and O–H groups in total. The minimum absolute atomic E-state index is 0.315. The van der Waals surface area contributed by atoms with Gasteiger partial charge in [-0.2, -0.15) is 15.0 Å². The van der Waals surface area contributed by atoms with E-state index in [1.165, 1.54) is 0 Å². The van der Waals surface area contributed by atoms with E-state index < -0.39 is 0 Å². The lowest BCUT2D eigenvalue weighted by atomic mass is 10.2. The molecular weight excluding hydrogens is 246 g/mol. The highest BCUT2D eigenvalue weighted by Gasteiger charge is 2.25. The number of nitrogens with zero attached hydrogens (tertiary/aromatic N) is 3. The molecule has 7 heteroatoms. The average molecular weight is 267 g/mol. The Hall–Kier alpha value is -1.63. The maximum atomic E-state index is 5.36. The van der Waals surface area contributed by atoms with Crippen molar-refractivity contribution in [3.05, 3.63) is 0 Å². The second-order valence-corrected chi connectivity index (χ2v) is 4.51. The van der Waals surface area contributed by atoms with Crippen LogP contribution in [0.1, 0.15) is 26.2 Å². The van der Waals surface area contributed by atoms with Crippen molar-refractivity contribution in [2.24, 2.45) is 0 Å². The van der Waals surface area contributed by atoms with E-state index in [-0.39, 0.29) is 0 Å². The summed E-state index contributed by atoms with van der Waals surface area (Å²) in [5.41, 5.74) is 0. The van der Waals surface area contributed by atoms with Gasteiger partial charge in [0.1, 0.15) is 0 Å². The zero-order valence-electron chi connectivity index (χ0n) is 11.6. The maximum absolute atomic E-state index is 5.36. The lowest BCUT2D eigenvalue weighted by Crippen LogP contribution is -2.20. The fourth-order valence-corrected chi connectivity index (χ4v) is 2.22. The first kappa shape index (κ1) is 13.8. The van der Waals surface area contributed by atoms with Crippen LogP contribution < -0.4 is 15.4 Å². The third-order valence-corrected chi connectivity index (χ3v) is 3.18. The van der Waals surface area contributed by atoms with E-state index >= 15 is 0 Å². The Labute approximate surface area is 113 Å². The van der Waals surface area contributed by atoms with E-state index in [9.17, 15) is 0 Å². The predicted octanol–water partition coefficient (Wildman–Crippen LogP) is 1.29. The van der Waals surface area contributed by atoms with Crippen LogP contribution in [-0.2, 0) is 4.74 Å². The summed E-state index contributed by atoms with van der Waals surface area (Å²) < 4.78 is 10.4. The molecule has 1 aromatic rings. The zero-order chi connectivity index (χ0) is 13.7. The molecule has 0 amide bonds. The summed E-state index contributed by atoms with van der Waals surface area (Å²) in [4.78, 5) is 12.7. The number of anilines is 2. The molecule has 1 aliphatic rings. The summed E-state index contributed by atoms with van der Waals surface area (Å²) in [5.74, 6) is 1.07. The first-order valence-electron chi connectivity index (χ1n) is 6.58. The molecule has 19 heavy (non-hydrogen) atoms. The summed E-state index contributed by atoms with van der Waals surface area (Å²) in [7, 11) is 3.30. The second kappa shape index (κ2) is 6.51. The van der Waals surface area contributed by atoms with Crippen LogP contribution in [0.2, 0.25) is 0 Å². The lowest BCUT2D eigenvalue weighted by Gasteiger charge is -2.14. The number of aromatic nitrogens is 3. The van der Waals surface area contributed by atoms with Gasteiger partial charge < -0.3 is 20.1 Å². The van der Waals surface area contributed by atoms with Crippen molar-refractivity contribution in [1.29, 1.82) is 0 Å². The molecule has 0 spiro atoms. The molecule has 1 aliphatic carbocycles. The molecule has 0 bridgehead atoms. The van der Waals surface area contributed by atoms with Gasteiger partial charge in [0.05, 0.1) is 13.2 Å². The Morgan fingerprint density at radius 3 is 2.58 bits per heavy atom. The molecule has 0 aliphatic heterocycles. The molecule has 7 nitrogen and oxygen atoms in total. The molecular formula is C12H21N5O2. The fraction of sp³-hybridized carbons (Fsp3) is 0.750. The van der Waals surface area contributed by atoms with Crippen molar-refractivity contribution >= 4 is 11.9 Å². The first-order valence-corrected chi connectivity index (χ1v) is 6.58. The van der Waals surface area contributed by atoms with Crippen molar-refractivity contribution in [2.75, 3.05) is 31.4 Å². The summed E-state index contributed by atoms with van der Waals surface area (Å²) in [6.07, 6.45) is 3.43. The van der Waals surface area contributed by atoms with E-state index in [0.717, 1.165) is 25.8 Å². The smallest absolute Gasteiger partial charge is 0.322 e. The quantitative estimate of drug-likeness (QED) is 0.803. The molecule has 0 aromatic carbocycles. The van der Waals surface area contributed by atoms with Crippen LogP contribution in [0.25, 0.3) is 0 Å². The van der Waals surface area contributed by atoms with E-state index in [0.29, 0.717) is 30.1 Å². The van der Waals surface area contributed by atoms with E-state index in [1.807, 2.05) is 6.92 Å². The molecule has 1 fully saturated rings. The Morgan fingerprint density at radius 1 is 1.16 bits per heavy atom. The zero-order valence-corrected chi connectivity index (χ0v) is 11.6. The molecule has 2 unspecified atom stereocenters. The summed E-state index contributed by atoms with van der Waals surface area (Å²) in [6.45, 7) is 2.74. The van der Waals surface area contributed by atoms with Crippen LogP contribution in [0.5, 0.6) is 6.01 Å². The third kappa shape index (κ3) is 3.66. The largest absolute Gasteiger partial charge is 0.467 e. The molecule has 1 aromatic heterocycles. The van der Waals surface area contributed by atoms with Gasteiger partial charge in [-0.25, -0.2) is 0 Å². The normalized spacial score (nSPS) is 22.3. The number of methoxy groups -OCH3 is 2. The van der Waals surface area contributed by atoms with E-state index in [1.54, 1.807) is 14.2 Å². The molecule has 2 rings (SSSR count). The van der Waals surface area contributed by atoms with Crippen LogP contribution in [0, 0.1) is 0 Å². The van der Waals surface area contributed by atoms with Crippen LogP contribution in [0.3, 0.4) is 0 Å². The standard InChI is InChI=1S/C12H21N5O2/c1-4-13-10-15-11(17-12(16-10)19-3)14-8-5-6-9(7-8)18-2/h8-9H,4-7H2,1-3H3,(H2,13,14,15,16,17). The number of nitrogens with one attached hydrogen (secondary N) is 2. The molecule has 1 heterocycles. The monoisotopic (exact) mass is 267 g/mol. The summed E-state index contributed by atoms with van der Waals surface area (Å²) >= 11 is 0. The fourth-order valence-electron chi connectivity index (χ4n) is 2.22. The highest BCUT2D eigenvalue weighted by molar-refractivity contribution is 5.36. The van der Waals surface area contributed by atoms with Crippen LogP contribution >= 0.6 is 0 Å². The Balaban J connectivity index is 2.04. The van der Waals surface area contributed by atoms with Gasteiger partial charge in [-0.05, 0) is 26.2 Å². The van der Waals surface area contributed by atoms with Crippen molar-refractivity contribution in [2.45, 2.75) is 38.3 Å². The molecule has 2 atom stereocenters. The Kier molecular flexibility index (Phi) is 4.73. The molecule has 0 radical (unpaired) electrons. The number of hydrogen-bond acceptors (Lipinski definition) is 7. The predicted molar refractivity (Wildman–Crippen MR) is 72.6 cm³/mol. The van der Waals surface area contributed by atoms with E-state index in [2.05, 4.69) is 25.6 Å². The van der Waals surface area contributed by atoms with Crippen molar-refractivity contribution in [3.8, 4) is 6.01 Å². The van der Waals surface area contributed by atoms with Crippen LogP contribution in [0.15, 0.2) is 0 Å². The summed E-state index contributed by atoms with van der Waals surface area (Å²) in [6, 6.07) is 0.654. The van der Waals surface area contributed by atoms with Crippen LogP contribution in [0.4, 0.5) is 11.9 Å². The highest BCUT2D eigenvalue weighted by atomic mass is 16.5. The number of hydrogen-bond donors (Lipinski definition) is 2. The molecule has 0 saturated heterocycles. The average Bonchev–Trinajstić information content (AvgIpc) is 2.86. The second-order valence-electron chi connectivity index (χ2n) is 4.51. The van der Waals surface area contributed by atoms with Gasteiger partial charge in [-0.3, -0.25) is 0 Å². The minimum atomic E-state index is 0.315. The van der Waals surface area contributed by atoms with E-state index in [4.69, 9.17) is 9.47 Å². The van der Waals surface area contributed by atoms with Crippen molar-refractivity contribution in [1.82, 2.24) is 15.0 Å². The van der Waals surface area contributed by atoms with Gasteiger partial charge in [-0.1, -0.05) is 0 Å². The van der Waals surface area contributed by atoms with Gasteiger partial charge in [0.25, 0.3) is 0 Å². The van der Waals surface area contributed by atoms with Gasteiger partial charge in [0.15, 0.2) is 0 Å². The van der Waals surface area contributed by atoms with Crippen LogP contribution in [-0.4, -0.2) is 47.9 Å². The molecule has 1 saturated carbocycles. The van der Waals surface area contributed by atoms with Gasteiger partial charge in [0.2, 0.25) is 11.9 Å². The Morgan fingerprint density at radius 2 is 1.95 bits per heavy atom. The van der Waals surface area contributed by atoms with Gasteiger partial charge in [0, 0.05) is 19.7 Å². The number of rotatable bonds is 6. The SMILES string of the molecule is CCNc1nc(NC2CCC(OC)C2)nc(OC)n1. The summed E-state index contributed by atoms with van der Waals surface area (Å²) in [5, 5.41) is 6.38. The van der Waals surface area contributed by atoms with Crippen molar-refractivity contribution < 1.29 is 9.47 Å². The maximum Gasteiger partial charge on any atom is 0.322 e. The topological polar surface area (TPSA) is 81.2 Å². The van der Waals surface area contributed by atoms with Gasteiger partial charge >= 0.3 is 6.01 Å². The van der Waals surface area contributed by atoms with Gasteiger partial charge in [-0.15, -0.1) is 0 Å². The first-order chi connectivity index (χ1) is 9.25.